The van der Waals surface area contributed by atoms with E-state index >= 15 is 0 Å². The second-order valence-electron chi connectivity index (χ2n) is 14.3. The van der Waals surface area contributed by atoms with Crippen molar-refractivity contribution < 1.29 is 8.42 Å². The highest BCUT2D eigenvalue weighted by atomic mass is 32.2. The van der Waals surface area contributed by atoms with Crippen LogP contribution in [0, 0.1) is 11.8 Å². The summed E-state index contributed by atoms with van der Waals surface area (Å²) in [4.78, 5) is 10.8. The number of sulfonamides is 1. The molecule has 3 aliphatic heterocycles. The van der Waals surface area contributed by atoms with Gasteiger partial charge in [-0.1, -0.05) is 44.2 Å². The second kappa shape index (κ2) is 11.9. The lowest BCUT2D eigenvalue weighted by molar-refractivity contribution is -0.0420. The number of benzene rings is 1. The molecule has 7 nitrogen and oxygen atoms in total. The molecule has 5 fully saturated rings. The van der Waals surface area contributed by atoms with Gasteiger partial charge < -0.3 is 4.57 Å². The number of likely N-dealkylation sites (tertiary alicyclic amines) is 1. The summed E-state index contributed by atoms with van der Waals surface area (Å²) >= 11 is 0. The zero-order valence-corrected chi connectivity index (χ0v) is 25.9. The van der Waals surface area contributed by atoms with E-state index in [0.717, 1.165) is 61.4 Å². The predicted molar refractivity (Wildman–Crippen MR) is 166 cm³/mol. The Kier molecular flexibility index (Phi) is 8.21. The Hall–Kier alpha value is -1.48. The Labute approximate surface area is 247 Å². The number of imidazole rings is 1. The highest BCUT2D eigenvalue weighted by Gasteiger charge is 2.45. The molecule has 2 unspecified atom stereocenters. The van der Waals surface area contributed by atoms with Crippen molar-refractivity contribution in [3.8, 4) is 0 Å². The number of piperidine rings is 2. The Bertz CT molecular complexity index is 1280. The second-order valence-corrected chi connectivity index (χ2v) is 16.1. The van der Waals surface area contributed by atoms with Crippen LogP contribution in [-0.2, 0) is 16.4 Å². The first-order valence-corrected chi connectivity index (χ1v) is 18.7. The van der Waals surface area contributed by atoms with Crippen LogP contribution in [0.4, 0.5) is 0 Å². The summed E-state index contributed by atoms with van der Waals surface area (Å²) in [6.07, 6.45) is 21.5. The first kappa shape index (κ1) is 28.3. The van der Waals surface area contributed by atoms with Crippen molar-refractivity contribution in [3.63, 3.8) is 0 Å². The molecule has 2 saturated carbocycles. The van der Waals surface area contributed by atoms with Gasteiger partial charge >= 0.3 is 0 Å². The quantitative estimate of drug-likeness (QED) is 0.445. The molecule has 1 aromatic heterocycles. The molecule has 2 aromatic rings. The van der Waals surface area contributed by atoms with Crippen LogP contribution in [0.5, 0.6) is 0 Å². The molecule has 2 aliphatic carbocycles. The summed E-state index contributed by atoms with van der Waals surface area (Å²) in [5, 5.41) is 0. The van der Waals surface area contributed by atoms with Gasteiger partial charge in [0, 0.05) is 49.7 Å². The molecule has 7 atom stereocenters. The van der Waals surface area contributed by atoms with Gasteiger partial charge in [0.2, 0.25) is 10.0 Å². The van der Waals surface area contributed by atoms with E-state index in [1.807, 2.05) is 0 Å². The van der Waals surface area contributed by atoms with Crippen LogP contribution >= 0.6 is 0 Å². The molecule has 41 heavy (non-hydrogen) atoms. The molecule has 1 aromatic carbocycles. The fourth-order valence-electron chi connectivity index (χ4n) is 9.96. The molecule has 0 radical (unpaired) electrons. The van der Waals surface area contributed by atoms with Gasteiger partial charge in [0.05, 0.1) is 17.3 Å². The maximum Gasteiger partial charge on any atom is 0.208 e. The minimum Gasteiger partial charge on any atom is -0.325 e. The van der Waals surface area contributed by atoms with Crippen LogP contribution in [0.1, 0.15) is 102 Å². The zero-order chi connectivity index (χ0) is 28.0. The van der Waals surface area contributed by atoms with Crippen LogP contribution in [-0.4, -0.2) is 77.8 Å². The highest BCUT2D eigenvalue weighted by molar-refractivity contribution is 7.88. The topological polar surface area (TPSA) is 70.5 Å². The number of fused-ring (bicyclic) bond motifs is 5. The van der Waals surface area contributed by atoms with E-state index < -0.39 is 10.0 Å². The fourth-order valence-corrected chi connectivity index (χ4v) is 10.4. The maximum absolute atomic E-state index is 11.6. The number of nitrogens with zero attached hydrogens (tertiary/aromatic N) is 4. The normalized spacial score (nSPS) is 35.1. The highest BCUT2D eigenvalue weighted by Crippen LogP contribution is 2.47. The van der Waals surface area contributed by atoms with E-state index in [9.17, 15) is 8.42 Å². The van der Waals surface area contributed by atoms with Crippen molar-refractivity contribution in [3.05, 3.63) is 30.1 Å². The Balaban J connectivity index is 1.11. The van der Waals surface area contributed by atoms with Crippen LogP contribution in [0.15, 0.2) is 24.3 Å². The third kappa shape index (κ3) is 6.13. The van der Waals surface area contributed by atoms with E-state index in [2.05, 4.69) is 43.4 Å². The van der Waals surface area contributed by atoms with Gasteiger partial charge in [-0.15, -0.1) is 0 Å². The minimum absolute atomic E-state index is 0.428. The number of aromatic nitrogens is 2. The summed E-state index contributed by atoms with van der Waals surface area (Å²) in [5.41, 5.74) is 2.45. The summed E-state index contributed by atoms with van der Waals surface area (Å²) in [5.74, 6) is 3.20. The lowest BCUT2D eigenvalue weighted by Gasteiger charge is -2.54. The molecule has 7 rings (SSSR count). The molecule has 1 N–H and O–H groups in total. The summed E-state index contributed by atoms with van der Waals surface area (Å²) in [7, 11) is -3.15. The van der Waals surface area contributed by atoms with Crippen LogP contribution in [0.2, 0.25) is 0 Å². The predicted octanol–water partition coefficient (Wildman–Crippen LogP) is 5.51. The molecule has 5 aliphatic rings. The van der Waals surface area contributed by atoms with E-state index in [1.165, 1.54) is 101 Å². The average molecular weight is 582 g/mol. The number of rotatable bonds is 8. The largest absolute Gasteiger partial charge is 0.325 e. The summed E-state index contributed by atoms with van der Waals surface area (Å²) in [6, 6.07) is 12.0. The van der Waals surface area contributed by atoms with Gasteiger partial charge in [0.1, 0.15) is 5.82 Å². The maximum atomic E-state index is 11.6. The van der Waals surface area contributed by atoms with Gasteiger partial charge in [-0.2, -0.15) is 0 Å². The van der Waals surface area contributed by atoms with Gasteiger partial charge in [0.15, 0.2) is 0 Å². The minimum atomic E-state index is -3.15. The Morgan fingerprint density at radius 1 is 0.829 bits per heavy atom. The van der Waals surface area contributed by atoms with E-state index in [0.29, 0.717) is 18.6 Å². The van der Waals surface area contributed by atoms with Gasteiger partial charge in [0.25, 0.3) is 0 Å². The molecule has 8 heteroatoms. The lowest BCUT2D eigenvalue weighted by Crippen LogP contribution is -2.58. The number of hydrogen-bond donors (Lipinski definition) is 1. The van der Waals surface area contributed by atoms with Crippen LogP contribution < -0.4 is 4.72 Å². The van der Waals surface area contributed by atoms with E-state index in [1.54, 1.807) is 0 Å². The third-order valence-electron chi connectivity index (χ3n) is 11.5. The van der Waals surface area contributed by atoms with Crippen molar-refractivity contribution in [2.24, 2.45) is 11.8 Å². The van der Waals surface area contributed by atoms with Crippen molar-refractivity contribution in [2.75, 3.05) is 25.9 Å². The van der Waals surface area contributed by atoms with Gasteiger partial charge in [-0.05, 0) is 88.3 Å². The Morgan fingerprint density at radius 2 is 1.56 bits per heavy atom. The molecule has 226 valence electrons. The number of hydrogen-bond acceptors (Lipinski definition) is 5. The molecular weight excluding hydrogens is 530 g/mol. The van der Waals surface area contributed by atoms with E-state index in [4.69, 9.17) is 4.98 Å². The van der Waals surface area contributed by atoms with Crippen LogP contribution in [0.3, 0.4) is 0 Å². The Morgan fingerprint density at radius 3 is 2.29 bits per heavy atom. The van der Waals surface area contributed by atoms with Crippen LogP contribution in [0.25, 0.3) is 11.0 Å². The molecule has 4 heterocycles. The average Bonchev–Trinajstić information content (AvgIpc) is 3.48. The third-order valence-corrected chi connectivity index (χ3v) is 12.2. The monoisotopic (exact) mass is 581 g/mol. The van der Waals surface area contributed by atoms with E-state index in [-0.39, 0.29) is 0 Å². The molecule has 4 bridgehead atoms. The zero-order valence-electron chi connectivity index (χ0n) is 25.1. The molecule has 0 amide bonds. The molecule has 3 saturated heterocycles. The van der Waals surface area contributed by atoms with Crippen molar-refractivity contribution in [1.82, 2.24) is 24.1 Å². The molecule has 0 spiro atoms. The first-order chi connectivity index (χ1) is 19.9. The van der Waals surface area contributed by atoms with Gasteiger partial charge in [-0.25, -0.2) is 18.1 Å². The fraction of sp³-hybridized carbons (Fsp3) is 0.788. The first-order valence-electron chi connectivity index (χ1n) is 16.8. The molecular formula is C33H51N5O2S. The number of nitrogens with one attached hydrogen (secondary N) is 1. The van der Waals surface area contributed by atoms with Crippen molar-refractivity contribution in [2.45, 2.75) is 127 Å². The van der Waals surface area contributed by atoms with Crippen molar-refractivity contribution in [1.29, 1.82) is 0 Å². The standard InChI is InChI=1S/C33H51N5O2S/c1-41(39,40)34-15-17-36-16-7-12-26(36)23-33-35-31-13-4-5-14-32(31)38(33)30-21-27-10-6-11-28(22-30)37(27)29-19-24-8-2-3-9-25(18-24)20-29/h4-5,13-14,24-30,34H,2-3,6-12,15-23H2,1H3/t24-,25+,26-,27-,28+,29?,30?/m0/s1. The lowest BCUT2D eigenvalue weighted by atomic mass is 9.73. The summed E-state index contributed by atoms with van der Waals surface area (Å²) < 4.78 is 28.6. The van der Waals surface area contributed by atoms with Crippen molar-refractivity contribution >= 4 is 21.1 Å². The van der Waals surface area contributed by atoms with Gasteiger partial charge in [-0.3, -0.25) is 9.80 Å². The summed E-state index contributed by atoms with van der Waals surface area (Å²) in [6.45, 7) is 2.29. The number of para-hydroxylation sites is 2. The SMILES string of the molecule is CS(=O)(=O)NCCN1CCC[C@H]1Cc1nc2ccccc2n1C1C[C@H]2CCC[C@@H](C1)N2C1C[C@H]2CCCC[C@@H](C1)C2. The smallest absolute Gasteiger partial charge is 0.208 e.